The second kappa shape index (κ2) is 10.1. The molecule has 0 saturated carbocycles. The molecule has 0 radical (unpaired) electrons. The summed E-state index contributed by atoms with van der Waals surface area (Å²) in [6, 6.07) is 3.42. The highest BCUT2D eigenvalue weighted by Gasteiger charge is 2.13. The van der Waals surface area contributed by atoms with Gasteiger partial charge in [0.05, 0.1) is 38.1 Å². The Morgan fingerprint density at radius 2 is 2.22 bits per heavy atom. The van der Waals surface area contributed by atoms with Gasteiger partial charge in [-0.2, -0.15) is 5.10 Å². The number of esters is 1. The first-order valence-corrected chi connectivity index (χ1v) is 9.62. The fourth-order valence-corrected chi connectivity index (χ4v) is 3.03. The molecular weight excluding hydrogens is 390 g/mol. The number of hydrogen-bond donors (Lipinski definition) is 1. The lowest BCUT2D eigenvalue weighted by Gasteiger charge is -2.16. The highest BCUT2D eigenvalue weighted by Crippen LogP contribution is 2.34. The van der Waals surface area contributed by atoms with Crippen molar-refractivity contribution < 1.29 is 19.0 Å². The van der Waals surface area contributed by atoms with Gasteiger partial charge in [-0.25, -0.2) is 4.98 Å². The van der Waals surface area contributed by atoms with Gasteiger partial charge < -0.3 is 14.2 Å². The molecule has 0 unspecified atom stereocenters. The van der Waals surface area contributed by atoms with Gasteiger partial charge in [-0.05, 0) is 26.8 Å². The van der Waals surface area contributed by atoms with E-state index in [1.165, 1.54) is 11.3 Å². The van der Waals surface area contributed by atoms with E-state index in [0.29, 0.717) is 39.5 Å². The fraction of sp³-hybridized carbons (Fsp3) is 0.389. The van der Waals surface area contributed by atoms with Gasteiger partial charge in [-0.1, -0.05) is 11.6 Å². The molecule has 0 aliphatic heterocycles. The molecular formula is C18H22ClN3O4S. The van der Waals surface area contributed by atoms with Crippen LogP contribution < -0.4 is 14.9 Å². The van der Waals surface area contributed by atoms with E-state index in [1.54, 1.807) is 37.8 Å². The molecule has 0 spiro atoms. The van der Waals surface area contributed by atoms with Crippen LogP contribution in [0.4, 0.5) is 5.13 Å². The molecule has 2 aromatic rings. The normalized spacial score (nSPS) is 11.0. The first-order chi connectivity index (χ1) is 12.9. The molecule has 0 aliphatic rings. The molecule has 1 aromatic carbocycles. The lowest BCUT2D eigenvalue weighted by molar-refractivity contribution is -0.142. The molecule has 0 saturated heterocycles. The van der Waals surface area contributed by atoms with Gasteiger partial charge >= 0.3 is 5.97 Å². The minimum absolute atomic E-state index is 0.0374. The third-order valence-electron chi connectivity index (χ3n) is 3.17. The summed E-state index contributed by atoms with van der Waals surface area (Å²) in [5, 5.41) is 7.04. The zero-order chi connectivity index (χ0) is 19.8. The van der Waals surface area contributed by atoms with Crippen LogP contribution in [0.5, 0.6) is 11.5 Å². The molecule has 7 nitrogen and oxygen atoms in total. The van der Waals surface area contributed by atoms with Crippen molar-refractivity contribution in [3.63, 3.8) is 0 Å². The van der Waals surface area contributed by atoms with Crippen LogP contribution in [0.15, 0.2) is 22.6 Å². The highest BCUT2D eigenvalue weighted by molar-refractivity contribution is 7.13. The number of rotatable bonds is 9. The summed E-state index contributed by atoms with van der Waals surface area (Å²) in [6.07, 6.45) is 1.68. The highest BCUT2D eigenvalue weighted by atomic mass is 35.5. The largest absolute Gasteiger partial charge is 0.493 e. The van der Waals surface area contributed by atoms with Crippen LogP contribution in [0.3, 0.4) is 0 Å². The molecule has 27 heavy (non-hydrogen) atoms. The van der Waals surface area contributed by atoms with E-state index in [9.17, 15) is 4.79 Å². The molecule has 0 atom stereocenters. The van der Waals surface area contributed by atoms with Crippen LogP contribution >= 0.6 is 22.9 Å². The van der Waals surface area contributed by atoms with Gasteiger partial charge in [0.2, 0.25) is 5.13 Å². The topological polar surface area (TPSA) is 82.0 Å². The van der Waals surface area contributed by atoms with Crippen LogP contribution in [0, 0.1) is 0 Å². The third kappa shape index (κ3) is 6.41. The predicted molar refractivity (Wildman–Crippen MR) is 107 cm³/mol. The van der Waals surface area contributed by atoms with Crippen LogP contribution in [0.1, 0.15) is 32.0 Å². The Morgan fingerprint density at radius 1 is 1.44 bits per heavy atom. The Hall–Kier alpha value is -2.32. The number of hydrogen-bond acceptors (Lipinski definition) is 8. The number of benzene rings is 1. The standard InChI is InChI=1S/C18H22ClN3O4S/c1-5-25-16(23)8-14-10-27-18(21-14)22-20-9-12-6-13(19)7-15(24-4)17(12)26-11(2)3/h6-7,9-11H,5,8H2,1-4H3,(H,21,22). The second-order valence-corrected chi connectivity index (χ2v) is 6.98. The number of anilines is 1. The van der Waals surface area contributed by atoms with Crippen LogP contribution in [0.2, 0.25) is 5.02 Å². The van der Waals surface area contributed by atoms with Crippen molar-refractivity contribution in [2.75, 3.05) is 19.1 Å². The number of methoxy groups -OCH3 is 1. The molecule has 0 bridgehead atoms. The summed E-state index contributed by atoms with van der Waals surface area (Å²) >= 11 is 7.48. The number of nitrogens with zero attached hydrogens (tertiary/aromatic N) is 2. The zero-order valence-electron chi connectivity index (χ0n) is 15.6. The SMILES string of the molecule is CCOC(=O)Cc1csc(NN=Cc2cc(Cl)cc(OC)c2OC(C)C)n1. The quantitative estimate of drug-likeness (QED) is 0.379. The lowest BCUT2D eigenvalue weighted by Crippen LogP contribution is -2.09. The first-order valence-electron chi connectivity index (χ1n) is 8.36. The number of aromatic nitrogens is 1. The average molecular weight is 412 g/mol. The Morgan fingerprint density at radius 3 is 2.89 bits per heavy atom. The van der Waals surface area contributed by atoms with Crippen molar-refractivity contribution in [1.29, 1.82) is 0 Å². The summed E-state index contributed by atoms with van der Waals surface area (Å²) in [5.74, 6) is 0.785. The van der Waals surface area contributed by atoms with E-state index in [4.69, 9.17) is 25.8 Å². The van der Waals surface area contributed by atoms with Crippen molar-refractivity contribution in [3.8, 4) is 11.5 Å². The van der Waals surface area contributed by atoms with E-state index in [1.807, 2.05) is 13.8 Å². The second-order valence-electron chi connectivity index (χ2n) is 5.69. The van der Waals surface area contributed by atoms with Gasteiger partial charge in [-0.15, -0.1) is 11.3 Å². The van der Waals surface area contributed by atoms with Gasteiger partial charge in [0.1, 0.15) is 0 Å². The monoisotopic (exact) mass is 411 g/mol. The molecule has 0 aliphatic carbocycles. The summed E-state index contributed by atoms with van der Waals surface area (Å²) in [4.78, 5) is 15.8. The summed E-state index contributed by atoms with van der Waals surface area (Å²) < 4.78 is 16.1. The van der Waals surface area contributed by atoms with E-state index >= 15 is 0 Å². The van der Waals surface area contributed by atoms with Crippen molar-refractivity contribution in [1.82, 2.24) is 4.98 Å². The van der Waals surface area contributed by atoms with E-state index in [-0.39, 0.29) is 18.5 Å². The minimum Gasteiger partial charge on any atom is -0.493 e. The Labute approximate surface area is 167 Å². The van der Waals surface area contributed by atoms with E-state index in [2.05, 4.69) is 15.5 Å². The van der Waals surface area contributed by atoms with Gasteiger partial charge in [-0.3, -0.25) is 10.2 Å². The summed E-state index contributed by atoms with van der Waals surface area (Å²) in [5.41, 5.74) is 4.14. The van der Waals surface area contributed by atoms with Crippen molar-refractivity contribution in [2.45, 2.75) is 33.3 Å². The zero-order valence-corrected chi connectivity index (χ0v) is 17.2. The van der Waals surface area contributed by atoms with Gasteiger partial charge in [0.25, 0.3) is 0 Å². The number of halogens is 1. The Bertz CT molecular complexity index is 808. The minimum atomic E-state index is -0.306. The Kier molecular flexibility index (Phi) is 7.87. The van der Waals surface area contributed by atoms with Gasteiger partial charge in [0, 0.05) is 22.0 Å². The van der Waals surface area contributed by atoms with Crippen molar-refractivity contribution in [3.05, 3.63) is 33.8 Å². The van der Waals surface area contributed by atoms with Crippen LogP contribution in [-0.2, 0) is 16.0 Å². The van der Waals surface area contributed by atoms with Crippen LogP contribution in [-0.4, -0.2) is 37.0 Å². The average Bonchev–Trinajstić information content (AvgIpc) is 3.03. The fourth-order valence-electron chi connectivity index (χ4n) is 2.15. The van der Waals surface area contributed by atoms with Crippen molar-refractivity contribution in [2.24, 2.45) is 5.10 Å². The number of carbonyl (C=O) groups excluding carboxylic acids is 1. The predicted octanol–water partition coefficient (Wildman–Crippen LogP) is 4.14. The van der Waals surface area contributed by atoms with Crippen LogP contribution in [0.25, 0.3) is 0 Å². The van der Waals surface area contributed by atoms with E-state index < -0.39 is 0 Å². The number of ether oxygens (including phenoxy) is 3. The smallest absolute Gasteiger partial charge is 0.311 e. The molecule has 1 heterocycles. The number of thiazole rings is 1. The summed E-state index contributed by atoms with van der Waals surface area (Å²) in [6.45, 7) is 5.97. The maximum atomic E-state index is 11.5. The molecule has 0 fully saturated rings. The number of hydrazone groups is 1. The lowest BCUT2D eigenvalue weighted by atomic mass is 10.2. The molecule has 1 N–H and O–H groups in total. The van der Waals surface area contributed by atoms with E-state index in [0.717, 1.165) is 0 Å². The first kappa shape index (κ1) is 21.0. The molecule has 1 aromatic heterocycles. The molecule has 2 rings (SSSR count). The maximum absolute atomic E-state index is 11.5. The molecule has 9 heteroatoms. The summed E-state index contributed by atoms with van der Waals surface area (Å²) in [7, 11) is 1.55. The maximum Gasteiger partial charge on any atom is 0.311 e. The van der Waals surface area contributed by atoms with Crippen molar-refractivity contribution >= 4 is 40.3 Å². The Balaban J connectivity index is 2.11. The number of carbonyl (C=O) groups is 1. The third-order valence-corrected chi connectivity index (χ3v) is 4.18. The molecule has 146 valence electrons. The number of nitrogens with one attached hydrogen (secondary N) is 1. The molecule has 0 amide bonds. The van der Waals surface area contributed by atoms with Gasteiger partial charge in [0.15, 0.2) is 11.5 Å².